The Morgan fingerprint density at radius 1 is 0.714 bits per heavy atom. The first kappa shape index (κ1) is 25.2. The zero-order valence-electron chi connectivity index (χ0n) is 18.3. The Kier molecular flexibility index (Phi) is 14.4. The normalized spacial score (nSPS) is 11.7. The highest BCUT2D eigenvalue weighted by molar-refractivity contribution is 7.52. The molecule has 28 heavy (non-hydrogen) atoms. The van der Waals surface area contributed by atoms with Crippen molar-refractivity contribution in [2.75, 3.05) is 20.8 Å². The van der Waals surface area contributed by atoms with Gasteiger partial charge in [0, 0.05) is 14.2 Å². The molecule has 0 atom stereocenters. The zero-order valence-corrected chi connectivity index (χ0v) is 19.2. The van der Waals surface area contributed by atoms with Crippen LogP contribution >= 0.6 is 7.60 Å². The van der Waals surface area contributed by atoms with E-state index in [2.05, 4.69) is 6.92 Å². The minimum atomic E-state index is -3.01. The molecule has 0 saturated heterocycles. The molecule has 162 valence electrons. The SMILES string of the molecule is CCCCCCCCCCCCCCOc1ccc(CP(=O)(OC)OC)cc1. The quantitative estimate of drug-likeness (QED) is 0.183. The van der Waals surface area contributed by atoms with Crippen LogP contribution in [0.3, 0.4) is 0 Å². The summed E-state index contributed by atoms with van der Waals surface area (Å²) in [5.74, 6) is 0.858. The van der Waals surface area contributed by atoms with E-state index in [0.717, 1.165) is 24.3 Å². The van der Waals surface area contributed by atoms with Gasteiger partial charge in [-0.3, -0.25) is 4.57 Å². The van der Waals surface area contributed by atoms with E-state index in [1.54, 1.807) is 0 Å². The van der Waals surface area contributed by atoms with Crippen LogP contribution in [-0.2, 0) is 19.8 Å². The standard InChI is InChI=1S/C23H41O4P/c1-4-5-6-7-8-9-10-11-12-13-14-15-20-27-23-18-16-22(17-19-23)21-28(24,25-2)26-3/h16-19H,4-15,20-21H2,1-3H3. The average Bonchev–Trinajstić information content (AvgIpc) is 2.72. The number of rotatable bonds is 18. The monoisotopic (exact) mass is 412 g/mol. The van der Waals surface area contributed by atoms with Crippen LogP contribution in [0.5, 0.6) is 5.75 Å². The molecule has 0 spiro atoms. The first-order valence-electron chi connectivity index (χ1n) is 11.1. The van der Waals surface area contributed by atoms with E-state index >= 15 is 0 Å². The van der Waals surface area contributed by atoms with E-state index in [9.17, 15) is 4.57 Å². The highest BCUT2D eigenvalue weighted by Crippen LogP contribution is 2.49. The molecule has 1 aromatic carbocycles. The Hall–Kier alpha value is -0.830. The van der Waals surface area contributed by atoms with E-state index in [1.165, 1.54) is 84.8 Å². The van der Waals surface area contributed by atoms with E-state index in [1.807, 2.05) is 24.3 Å². The molecule has 0 aromatic heterocycles. The molecule has 0 aliphatic carbocycles. The maximum absolute atomic E-state index is 12.1. The largest absolute Gasteiger partial charge is 0.494 e. The van der Waals surface area contributed by atoms with Crippen LogP contribution in [-0.4, -0.2) is 20.8 Å². The van der Waals surface area contributed by atoms with Crippen LogP contribution in [0.15, 0.2) is 24.3 Å². The molecule has 1 aromatic rings. The van der Waals surface area contributed by atoms with Crippen molar-refractivity contribution in [2.24, 2.45) is 0 Å². The van der Waals surface area contributed by atoms with E-state index in [4.69, 9.17) is 13.8 Å². The third-order valence-electron chi connectivity index (χ3n) is 5.12. The topological polar surface area (TPSA) is 44.8 Å². The summed E-state index contributed by atoms with van der Waals surface area (Å²) in [5, 5.41) is 0. The molecule has 0 heterocycles. The molecular formula is C23H41O4P. The maximum Gasteiger partial charge on any atom is 0.334 e. The summed E-state index contributed by atoms with van der Waals surface area (Å²) in [6.45, 7) is 3.03. The molecule has 0 unspecified atom stereocenters. The summed E-state index contributed by atoms with van der Waals surface area (Å²) >= 11 is 0. The fourth-order valence-electron chi connectivity index (χ4n) is 3.25. The third kappa shape index (κ3) is 11.9. The van der Waals surface area contributed by atoms with Gasteiger partial charge in [-0.25, -0.2) is 0 Å². The summed E-state index contributed by atoms with van der Waals surface area (Å²) in [4.78, 5) is 0. The Balaban J connectivity index is 2.01. The smallest absolute Gasteiger partial charge is 0.334 e. The zero-order chi connectivity index (χ0) is 20.5. The number of hydrogen-bond donors (Lipinski definition) is 0. The first-order valence-corrected chi connectivity index (χ1v) is 12.8. The van der Waals surface area contributed by atoms with Gasteiger partial charge in [-0.05, 0) is 24.1 Å². The minimum Gasteiger partial charge on any atom is -0.494 e. The summed E-state index contributed by atoms with van der Waals surface area (Å²) < 4.78 is 27.9. The highest BCUT2D eigenvalue weighted by Gasteiger charge is 2.21. The average molecular weight is 413 g/mol. The van der Waals surface area contributed by atoms with E-state index in [0.29, 0.717) is 0 Å². The fourth-order valence-corrected chi connectivity index (χ4v) is 4.32. The summed E-state index contributed by atoms with van der Waals surface area (Å²) in [6, 6.07) is 7.68. The number of benzene rings is 1. The van der Waals surface area contributed by atoms with Gasteiger partial charge in [0.05, 0.1) is 12.8 Å². The van der Waals surface area contributed by atoms with Crippen LogP contribution in [0, 0.1) is 0 Å². The van der Waals surface area contributed by atoms with Gasteiger partial charge in [-0.15, -0.1) is 0 Å². The Morgan fingerprint density at radius 3 is 1.64 bits per heavy atom. The molecule has 0 fully saturated rings. The molecule has 0 N–H and O–H groups in total. The van der Waals surface area contributed by atoms with Gasteiger partial charge in [-0.1, -0.05) is 89.7 Å². The van der Waals surface area contributed by atoms with Crippen molar-refractivity contribution < 1.29 is 18.3 Å². The molecule has 0 saturated carbocycles. The fraction of sp³-hybridized carbons (Fsp3) is 0.739. The predicted octanol–water partition coefficient (Wildman–Crippen LogP) is 7.75. The van der Waals surface area contributed by atoms with E-state index < -0.39 is 7.60 Å². The van der Waals surface area contributed by atoms with Gasteiger partial charge in [0.1, 0.15) is 5.75 Å². The first-order chi connectivity index (χ1) is 13.6. The molecular weight excluding hydrogens is 371 g/mol. The van der Waals surface area contributed by atoms with Crippen molar-refractivity contribution in [1.82, 2.24) is 0 Å². The van der Waals surface area contributed by atoms with Crippen molar-refractivity contribution in [2.45, 2.75) is 90.1 Å². The second kappa shape index (κ2) is 16.0. The molecule has 0 amide bonds. The second-order valence-corrected chi connectivity index (χ2v) is 9.78. The lowest BCUT2D eigenvalue weighted by molar-refractivity contribution is 0.274. The van der Waals surface area contributed by atoms with Gasteiger partial charge >= 0.3 is 7.60 Å². The van der Waals surface area contributed by atoms with Crippen molar-refractivity contribution >= 4 is 7.60 Å². The van der Waals surface area contributed by atoms with Gasteiger partial charge < -0.3 is 13.8 Å². The highest BCUT2D eigenvalue weighted by atomic mass is 31.2. The number of unbranched alkanes of at least 4 members (excludes halogenated alkanes) is 11. The van der Waals surface area contributed by atoms with Crippen molar-refractivity contribution in [3.8, 4) is 5.75 Å². The van der Waals surface area contributed by atoms with Crippen LogP contribution in [0.4, 0.5) is 0 Å². The van der Waals surface area contributed by atoms with E-state index in [-0.39, 0.29) is 6.16 Å². The van der Waals surface area contributed by atoms with Gasteiger partial charge in [0.15, 0.2) is 0 Å². The lowest BCUT2D eigenvalue weighted by Gasteiger charge is -2.13. The maximum atomic E-state index is 12.1. The van der Waals surface area contributed by atoms with Gasteiger partial charge in [0.2, 0.25) is 0 Å². The lowest BCUT2D eigenvalue weighted by Crippen LogP contribution is -1.98. The second-order valence-electron chi connectivity index (χ2n) is 7.52. The number of ether oxygens (including phenoxy) is 1. The third-order valence-corrected chi connectivity index (χ3v) is 6.99. The van der Waals surface area contributed by atoms with Crippen LogP contribution < -0.4 is 4.74 Å². The molecule has 0 bridgehead atoms. The molecule has 0 radical (unpaired) electrons. The van der Waals surface area contributed by atoms with Gasteiger partial charge in [-0.2, -0.15) is 0 Å². The Morgan fingerprint density at radius 2 is 1.18 bits per heavy atom. The summed E-state index contributed by atoms with van der Waals surface area (Å²) in [6.07, 6.45) is 16.4. The Bertz CT molecular complexity index is 522. The molecule has 0 aliphatic rings. The van der Waals surface area contributed by atoms with Crippen LogP contribution in [0.2, 0.25) is 0 Å². The minimum absolute atomic E-state index is 0.277. The molecule has 0 aliphatic heterocycles. The lowest BCUT2D eigenvalue weighted by atomic mass is 10.1. The van der Waals surface area contributed by atoms with Crippen LogP contribution in [0.1, 0.15) is 89.5 Å². The van der Waals surface area contributed by atoms with Gasteiger partial charge in [0.25, 0.3) is 0 Å². The summed E-state index contributed by atoms with van der Waals surface area (Å²) in [5.41, 5.74) is 0.921. The van der Waals surface area contributed by atoms with Crippen molar-refractivity contribution in [1.29, 1.82) is 0 Å². The summed E-state index contributed by atoms with van der Waals surface area (Å²) in [7, 11) is -0.184. The van der Waals surface area contributed by atoms with Crippen molar-refractivity contribution in [3.63, 3.8) is 0 Å². The molecule has 1 rings (SSSR count). The number of hydrogen-bond acceptors (Lipinski definition) is 4. The predicted molar refractivity (Wildman–Crippen MR) is 118 cm³/mol. The molecule has 5 heteroatoms. The molecule has 4 nitrogen and oxygen atoms in total. The van der Waals surface area contributed by atoms with Crippen LogP contribution in [0.25, 0.3) is 0 Å². The Labute approximate surface area is 172 Å². The van der Waals surface area contributed by atoms with Crippen molar-refractivity contribution in [3.05, 3.63) is 29.8 Å².